The summed E-state index contributed by atoms with van der Waals surface area (Å²) in [5, 5.41) is 2.93. The van der Waals surface area contributed by atoms with Gasteiger partial charge in [0.05, 0.1) is 12.7 Å². The molecule has 2 atom stereocenters. The molecule has 6 heteroatoms. The SMILES string of the molecule is COc1ccccc1/C=[N+]1\NC(=O)[C@H](NC(=O)c2ccc(C)cc2)[C@@H]1c1ccc(C)cc1. The molecule has 1 heterocycles. The number of nitrogens with zero attached hydrogens (tertiary/aromatic N) is 1. The first-order valence-electron chi connectivity index (χ1n) is 10.5. The summed E-state index contributed by atoms with van der Waals surface area (Å²) < 4.78 is 7.20. The lowest BCUT2D eigenvalue weighted by Crippen LogP contribution is -2.42. The topological polar surface area (TPSA) is 70.4 Å². The van der Waals surface area contributed by atoms with Crippen LogP contribution in [0.25, 0.3) is 0 Å². The number of amides is 2. The summed E-state index contributed by atoms with van der Waals surface area (Å²) in [6, 6.07) is 21.6. The van der Waals surface area contributed by atoms with Crippen LogP contribution >= 0.6 is 0 Å². The lowest BCUT2D eigenvalue weighted by atomic mass is 9.98. The van der Waals surface area contributed by atoms with Gasteiger partial charge in [0.1, 0.15) is 5.75 Å². The first kappa shape index (κ1) is 21.3. The third-order valence-electron chi connectivity index (χ3n) is 5.57. The highest BCUT2D eigenvalue weighted by Crippen LogP contribution is 2.27. The van der Waals surface area contributed by atoms with Gasteiger partial charge in [-0.05, 0) is 38.1 Å². The number of hydrazone groups is 1. The monoisotopic (exact) mass is 428 g/mol. The Labute approximate surface area is 187 Å². The van der Waals surface area contributed by atoms with Gasteiger partial charge in [-0.15, -0.1) is 10.1 Å². The van der Waals surface area contributed by atoms with Crippen molar-refractivity contribution in [2.45, 2.75) is 25.9 Å². The average Bonchev–Trinajstić information content (AvgIpc) is 3.09. The summed E-state index contributed by atoms with van der Waals surface area (Å²) in [6.07, 6.45) is 1.83. The fourth-order valence-corrected chi connectivity index (χ4v) is 3.80. The molecule has 1 aliphatic heterocycles. The summed E-state index contributed by atoms with van der Waals surface area (Å²) in [5.74, 6) is 0.125. The molecule has 0 aliphatic carbocycles. The van der Waals surface area contributed by atoms with Gasteiger partial charge >= 0.3 is 5.91 Å². The molecule has 0 spiro atoms. The molecule has 1 aliphatic rings. The van der Waals surface area contributed by atoms with E-state index >= 15 is 0 Å². The Morgan fingerprint density at radius 2 is 1.59 bits per heavy atom. The highest BCUT2D eigenvalue weighted by molar-refractivity contribution is 5.98. The van der Waals surface area contributed by atoms with Crippen molar-refractivity contribution in [3.05, 3.63) is 101 Å². The Kier molecular flexibility index (Phi) is 6.03. The fraction of sp³-hybridized carbons (Fsp3) is 0.192. The molecule has 162 valence electrons. The first-order valence-corrected chi connectivity index (χ1v) is 10.5. The van der Waals surface area contributed by atoms with Crippen LogP contribution in [0.5, 0.6) is 5.75 Å². The van der Waals surface area contributed by atoms with Gasteiger partial charge in [-0.25, -0.2) is 0 Å². The van der Waals surface area contributed by atoms with E-state index in [2.05, 4.69) is 10.7 Å². The zero-order valence-electron chi connectivity index (χ0n) is 18.3. The van der Waals surface area contributed by atoms with Crippen molar-refractivity contribution < 1.29 is 19.0 Å². The minimum Gasteiger partial charge on any atom is -0.496 e. The van der Waals surface area contributed by atoms with Crippen LogP contribution in [0.1, 0.15) is 38.7 Å². The minimum absolute atomic E-state index is 0.276. The van der Waals surface area contributed by atoms with Crippen LogP contribution in [0, 0.1) is 13.8 Å². The molecule has 3 aromatic rings. The maximum Gasteiger partial charge on any atom is 0.304 e. The molecular weight excluding hydrogens is 402 g/mol. The molecule has 0 saturated carbocycles. The van der Waals surface area contributed by atoms with Gasteiger partial charge in [0.2, 0.25) is 12.3 Å². The standard InChI is InChI=1S/C26H25N3O3/c1-17-8-12-19(13-9-17)24-23(27-25(30)20-14-10-18(2)11-15-20)26(31)28-29(24)16-21-6-4-5-7-22(21)32-3/h4-16,23-24H,1-3H3,(H-,27,28,30,31)/p+1/b29-16-/t23-,24+/m1/s1. The van der Waals surface area contributed by atoms with Crippen molar-refractivity contribution in [2.24, 2.45) is 0 Å². The number of ether oxygens (including phenoxy) is 1. The number of nitrogens with one attached hydrogen (secondary N) is 2. The first-order chi connectivity index (χ1) is 15.5. The van der Waals surface area contributed by atoms with Crippen LogP contribution in [0.4, 0.5) is 0 Å². The van der Waals surface area contributed by atoms with Gasteiger partial charge in [-0.3, -0.25) is 9.59 Å². The van der Waals surface area contributed by atoms with Gasteiger partial charge in [0.15, 0.2) is 6.04 Å². The Morgan fingerprint density at radius 1 is 0.969 bits per heavy atom. The molecule has 0 unspecified atom stereocenters. The summed E-state index contributed by atoms with van der Waals surface area (Å²) in [4.78, 5) is 25.9. The van der Waals surface area contributed by atoms with E-state index < -0.39 is 12.1 Å². The van der Waals surface area contributed by atoms with E-state index in [4.69, 9.17) is 4.74 Å². The van der Waals surface area contributed by atoms with E-state index in [0.29, 0.717) is 11.3 Å². The molecule has 1 fully saturated rings. The Hall–Kier alpha value is -3.93. The average molecular weight is 429 g/mol. The van der Waals surface area contributed by atoms with Crippen LogP contribution < -0.4 is 15.5 Å². The molecule has 0 aromatic heterocycles. The maximum atomic E-state index is 13.0. The Balaban J connectivity index is 1.72. The molecule has 0 radical (unpaired) electrons. The van der Waals surface area contributed by atoms with E-state index in [0.717, 1.165) is 22.3 Å². The number of carbonyl (C=O) groups is 2. The molecule has 6 nitrogen and oxygen atoms in total. The number of methoxy groups -OCH3 is 1. The van der Waals surface area contributed by atoms with E-state index in [1.807, 2.05) is 80.7 Å². The Morgan fingerprint density at radius 3 is 2.25 bits per heavy atom. The predicted octanol–water partition coefficient (Wildman–Crippen LogP) is 3.33. The molecule has 0 bridgehead atoms. The maximum absolute atomic E-state index is 13.0. The molecule has 4 rings (SSSR count). The van der Waals surface area contributed by atoms with E-state index in [1.54, 1.807) is 23.9 Å². The van der Waals surface area contributed by atoms with Crippen LogP contribution in [-0.2, 0) is 4.79 Å². The third-order valence-corrected chi connectivity index (χ3v) is 5.57. The van der Waals surface area contributed by atoms with Gasteiger partial charge in [0, 0.05) is 11.1 Å². The number of benzene rings is 3. The van der Waals surface area contributed by atoms with E-state index in [1.165, 1.54) is 0 Å². The van der Waals surface area contributed by atoms with E-state index in [9.17, 15) is 9.59 Å². The van der Waals surface area contributed by atoms with Crippen molar-refractivity contribution >= 4 is 18.0 Å². The zero-order chi connectivity index (χ0) is 22.7. The van der Waals surface area contributed by atoms with Crippen molar-refractivity contribution in [1.82, 2.24) is 10.7 Å². The minimum atomic E-state index is -0.766. The predicted molar refractivity (Wildman–Crippen MR) is 123 cm³/mol. The molecule has 2 N–H and O–H groups in total. The van der Waals surface area contributed by atoms with Crippen molar-refractivity contribution in [3.8, 4) is 5.75 Å². The molecule has 32 heavy (non-hydrogen) atoms. The fourth-order valence-electron chi connectivity index (χ4n) is 3.80. The second-order valence-corrected chi connectivity index (χ2v) is 7.93. The van der Waals surface area contributed by atoms with Crippen LogP contribution in [0.15, 0.2) is 72.8 Å². The second kappa shape index (κ2) is 9.06. The van der Waals surface area contributed by atoms with Crippen LogP contribution in [0.3, 0.4) is 0 Å². The third kappa shape index (κ3) is 4.39. The number of hydrogen-bond donors (Lipinski definition) is 2. The normalized spacial score (nSPS) is 19.0. The smallest absolute Gasteiger partial charge is 0.304 e. The summed E-state index contributed by atoms with van der Waals surface area (Å²) in [6.45, 7) is 3.97. The van der Waals surface area contributed by atoms with Gasteiger partial charge in [0.25, 0.3) is 5.91 Å². The number of hydrogen-bond acceptors (Lipinski definition) is 3. The van der Waals surface area contributed by atoms with Gasteiger partial charge < -0.3 is 10.1 Å². The lowest BCUT2D eigenvalue weighted by molar-refractivity contribution is -0.596. The number of carbonyl (C=O) groups excluding carboxylic acids is 2. The van der Waals surface area contributed by atoms with Crippen LogP contribution in [0.2, 0.25) is 0 Å². The Bertz CT molecular complexity index is 1170. The highest BCUT2D eigenvalue weighted by atomic mass is 16.5. The second-order valence-electron chi connectivity index (χ2n) is 7.93. The summed E-state index contributed by atoms with van der Waals surface area (Å²) >= 11 is 0. The van der Waals surface area contributed by atoms with Crippen LogP contribution in [-0.4, -0.2) is 35.9 Å². The lowest BCUT2D eigenvalue weighted by Gasteiger charge is -2.15. The highest BCUT2D eigenvalue weighted by Gasteiger charge is 2.47. The van der Waals surface area contributed by atoms with Gasteiger partial charge in [-0.1, -0.05) is 59.7 Å². The largest absolute Gasteiger partial charge is 0.496 e. The van der Waals surface area contributed by atoms with E-state index in [-0.39, 0.29) is 11.8 Å². The van der Waals surface area contributed by atoms with Crippen molar-refractivity contribution in [2.75, 3.05) is 7.11 Å². The molecular formula is C26H26N3O3+. The number of hydrazine groups is 1. The molecule has 3 aromatic carbocycles. The number of rotatable bonds is 5. The zero-order valence-corrected chi connectivity index (χ0v) is 18.3. The molecule has 2 amide bonds. The van der Waals surface area contributed by atoms with Crippen molar-refractivity contribution in [1.29, 1.82) is 0 Å². The summed E-state index contributed by atoms with van der Waals surface area (Å²) in [7, 11) is 1.61. The molecule has 1 saturated heterocycles. The quantitative estimate of drug-likeness (QED) is 0.613. The summed E-state index contributed by atoms with van der Waals surface area (Å²) in [5.41, 5.74) is 7.32. The van der Waals surface area contributed by atoms with Gasteiger partial charge in [-0.2, -0.15) is 0 Å². The number of para-hydroxylation sites is 1. The van der Waals surface area contributed by atoms with Crippen molar-refractivity contribution in [3.63, 3.8) is 0 Å². The number of aryl methyl sites for hydroxylation is 2.